The number of halogens is 3. The van der Waals surface area contributed by atoms with Gasteiger partial charge in [0, 0.05) is 12.6 Å². The van der Waals surface area contributed by atoms with E-state index < -0.39 is 24.1 Å². The van der Waals surface area contributed by atoms with Crippen LogP contribution in [0.1, 0.15) is 11.1 Å². The standard InChI is InChI=1S/C17H14F3NO3/c1-21-16(22)24-15-9-12-10(6-4-8-14(12)23-15)11-5-2-3-7-13(11)17(18,19)20/h2-8,15H,9H2,1H3,(H,21,22). The molecule has 0 aliphatic carbocycles. The van der Waals surface area contributed by atoms with Gasteiger partial charge in [-0.1, -0.05) is 30.3 Å². The van der Waals surface area contributed by atoms with Gasteiger partial charge in [0.05, 0.1) is 12.0 Å². The van der Waals surface area contributed by atoms with E-state index >= 15 is 0 Å². The van der Waals surface area contributed by atoms with Gasteiger partial charge in [-0.3, -0.25) is 0 Å². The Bertz CT molecular complexity index is 774. The lowest BCUT2D eigenvalue weighted by molar-refractivity contribution is -0.137. The van der Waals surface area contributed by atoms with Gasteiger partial charge in [-0.15, -0.1) is 0 Å². The minimum Gasteiger partial charge on any atom is -0.454 e. The molecule has 1 amide bonds. The van der Waals surface area contributed by atoms with E-state index in [9.17, 15) is 18.0 Å². The molecule has 3 rings (SSSR count). The van der Waals surface area contributed by atoms with E-state index in [-0.39, 0.29) is 12.0 Å². The molecule has 0 fully saturated rings. The molecule has 2 aromatic rings. The number of amides is 1. The second-order valence-corrected chi connectivity index (χ2v) is 5.23. The highest BCUT2D eigenvalue weighted by Crippen LogP contribution is 2.42. The SMILES string of the molecule is CNC(=O)OC1Cc2c(cccc2-c2ccccc2C(F)(F)F)O1. The minimum atomic E-state index is -4.46. The lowest BCUT2D eigenvalue weighted by atomic mass is 9.94. The van der Waals surface area contributed by atoms with E-state index in [0.29, 0.717) is 16.9 Å². The van der Waals surface area contributed by atoms with Crippen molar-refractivity contribution in [1.82, 2.24) is 5.32 Å². The Labute approximate surface area is 136 Å². The predicted octanol–water partition coefficient (Wildman–Crippen LogP) is 3.99. The monoisotopic (exact) mass is 337 g/mol. The zero-order valence-corrected chi connectivity index (χ0v) is 12.7. The number of carbonyl (C=O) groups is 1. The van der Waals surface area contributed by atoms with Crippen LogP contribution < -0.4 is 10.1 Å². The summed E-state index contributed by atoms with van der Waals surface area (Å²) >= 11 is 0. The fourth-order valence-corrected chi connectivity index (χ4v) is 2.70. The Balaban J connectivity index is 2.00. The number of nitrogens with one attached hydrogen (secondary N) is 1. The Morgan fingerprint density at radius 1 is 1.17 bits per heavy atom. The van der Waals surface area contributed by atoms with Crippen LogP contribution in [0.15, 0.2) is 42.5 Å². The first-order chi connectivity index (χ1) is 11.4. The number of carbonyl (C=O) groups excluding carboxylic acids is 1. The number of alkyl halides is 3. The van der Waals surface area contributed by atoms with Crippen molar-refractivity contribution in [1.29, 1.82) is 0 Å². The second kappa shape index (κ2) is 6.07. The number of ether oxygens (including phenoxy) is 2. The maximum Gasteiger partial charge on any atom is 0.417 e. The number of hydrogen-bond donors (Lipinski definition) is 1. The van der Waals surface area contributed by atoms with Crippen LogP contribution in [0.25, 0.3) is 11.1 Å². The highest BCUT2D eigenvalue weighted by atomic mass is 19.4. The molecular weight excluding hydrogens is 323 g/mol. The highest BCUT2D eigenvalue weighted by Gasteiger charge is 2.35. The van der Waals surface area contributed by atoms with Crippen molar-refractivity contribution >= 4 is 6.09 Å². The summed E-state index contributed by atoms with van der Waals surface area (Å²) in [6, 6.07) is 10.2. The number of rotatable bonds is 2. The molecule has 1 aliphatic heterocycles. The first-order valence-corrected chi connectivity index (χ1v) is 7.23. The molecule has 7 heteroatoms. The predicted molar refractivity (Wildman–Crippen MR) is 80.5 cm³/mol. The maximum absolute atomic E-state index is 13.3. The molecule has 2 aromatic carbocycles. The van der Waals surface area contributed by atoms with Crippen molar-refractivity contribution in [2.45, 2.75) is 18.9 Å². The van der Waals surface area contributed by atoms with Crippen LogP contribution in [-0.4, -0.2) is 19.4 Å². The molecule has 1 unspecified atom stereocenters. The first kappa shape index (κ1) is 16.2. The second-order valence-electron chi connectivity index (χ2n) is 5.23. The van der Waals surface area contributed by atoms with Crippen molar-refractivity contribution < 1.29 is 27.4 Å². The van der Waals surface area contributed by atoms with E-state index in [0.717, 1.165) is 6.07 Å². The van der Waals surface area contributed by atoms with Crippen LogP contribution in [0.4, 0.5) is 18.0 Å². The summed E-state index contributed by atoms with van der Waals surface area (Å²) < 4.78 is 50.4. The van der Waals surface area contributed by atoms with Crippen LogP contribution in [0.2, 0.25) is 0 Å². The van der Waals surface area contributed by atoms with Crippen LogP contribution in [0.5, 0.6) is 5.75 Å². The fourth-order valence-electron chi connectivity index (χ4n) is 2.70. The molecule has 1 aliphatic rings. The van der Waals surface area contributed by atoms with Gasteiger partial charge in [-0.05, 0) is 23.3 Å². The van der Waals surface area contributed by atoms with Crippen molar-refractivity contribution in [2.24, 2.45) is 0 Å². The van der Waals surface area contributed by atoms with E-state index in [2.05, 4.69) is 5.32 Å². The van der Waals surface area contributed by atoms with Crippen molar-refractivity contribution in [3.63, 3.8) is 0 Å². The Morgan fingerprint density at radius 3 is 2.58 bits per heavy atom. The van der Waals surface area contributed by atoms with Gasteiger partial charge in [-0.25, -0.2) is 4.79 Å². The van der Waals surface area contributed by atoms with E-state index in [1.165, 1.54) is 19.2 Å². The van der Waals surface area contributed by atoms with Crippen molar-refractivity contribution in [2.75, 3.05) is 7.05 Å². The third-order valence-electron chi connectivity index (χ3n) is 3.73. The van der Waals surface area contributed by atoms with Gasteiger partial charge in [0.25, 0.3) is 0 Å². The molecule has 0 aromatic heterocycles. The minimum absolute atomic E-state index is 0.0750. The summed E-state index contributed by atoms with van der Waals surface area (Å²) in [5.74, 6) is 0.415. The molecule has 0 bridgehead atoms. The molecule has 24 heavy (non-hydrogen) atoms. The Kier molecular flexibility index (Phi) is 4.09. The van der Waals surface area contributed by atoms with Gasteiger partial charge in [0.15, 0.2) is 0 Å². The summed E-state index contributed by atoms with van der Waals surface area (Å²) in [6.45, 7) is 0. The summed E-state index contributed by atoms with van der Waals surface area (Å²) in [5.41, 5.74) is 0.367. The number of hydrogen-bond acceptors (Lipinski definition) is 3. The van der Waals surface area contributed by atoms with Gasteiger partial charge in [-0.2, -0.15) is 13.2 Å². The van der Waals surface area contributed by atoms with Crippen LogP contribution in [-0.2, 0) is 17.3 Å². The summed E-state index contributed by atoms with van der Waals surface area (Å²) in [6.07, 6.45) is -5.80. The molecule has 1 heterocycles. The quantitative estimate of drug-likeness (QED) is 0.901. The summed E-state index contributed by atoms with van der Waals surface area (Å²) in [7, 11) is 1.41. The topological polar surface area (TPSA) is 47.6 Å². The number of alkyl carbamates (subject to hydrolysis) is 1. The van der Waals surface area contributed by atoms with E-state index in [4.69, 9.17) is 9.47 Å². The molecule has 126 valence electrons. The average molecular weight is 337 g/mol. The zero-order chi connectivity index (χ0) is 17.3. The molecule has 0 spiro atoms. The Morgan fingerprint density at radius 2 is 1.88 bits per heavy atom. The lowest BCUT2D eigenvalue weighted by Gasteiger charge is -2.14. The largest absolute Gasteiger partial charge is 0.454 e. The fraction of sp³-hybridized carbons (Fsp3) is 0.235. The van der Waals surface area contributed by atoms with Gasteiger partial charge >= 0.3 is 12.3 Å². The lowest BCUT2D eigenvalue weighted by Crippen LogP contribution is -2.28. The molecule has 1 atom stereocenters. The third kappa shape index (κ3) is 3.02. The van der Waals surface area contributed by atoms with Crippen LogP contribution in [0, 0.1) is 0 Å². The molecule has 1 N–H and O–H groups in total. The van der Waals surface area contributed by atoms with E-state index in [1.54, 1.807) is 24.3 Å². The summed E-state index contributed by atoms with van der Waals surface area (Å²) in [5, 5.41) is 2.30. The molecule has 0 radical (unpaired) electrons. The normalized spacial score (nSPS) is 16.2. The maximum atomic E-state index is 13.3. The summed E-state index contributed by atoms with van der Waals surface area (Å²) in [4.78, 5) is 11.3. The average Bonchev–Trinajstić information content (AvgIpc) is 2.96. The molecule has 0 saturated carbocycles. The molecule has 0 saturated heterocycles. The Hall–Kier alpha value is -2.70. The van der Waals surface area contributed by atoms with Gasteiger partial charge in [0.1, 0.15) is 5.75 Å². The number of fused-ring (bicyclic) bond motifs is 1. The van der Waals surface area contributed by atoms with Gasteiger partial charge < -0.3 is 14.8 Å². The first-order valence-electron chi connectivity index (χ1n) is 7.23. The zero-order valence-electron chi connectivity index (χ0n) is 12.7. The van der Waals surface area contributed by atoms with Crippen molar-refractivity contribution in [3.05, 3.63) is 53.6 Å². The van der Waals surface area contributed by atoms with Crippen LogP contribution in [0.3, 0.4) is 0 Å². The van der Waals surface area contributed by atoms with Gasteiger partial charge in [0.2, 0.25) is 6.29 Å². The third-order valence-corrected chi connectivity index (χ3v) is 3.73. The molecular formula is C17H14F3NO3. The molecule has 4 nitrogen and oxygen atoms in total. The van der Waals surface area contributed by atoms with Crippen molar-refractivity contribution in [3.8, 4) is 16.9 Å². The number of benzene rings is 2. The highest BCUT2D eigenvalue weighted by molar-refractivity contribution is 5.74. The smallest absolute Gasteiger partial charge is 0.417 e. The van der Waals surface area contributed by atoms with Crippen LogP contribution >= 0.6 is 0 Å². The van der Waals surface area contributed by atoms with E-state index in [1.807, 2.05) is 0 Å².